The molecule has 2 rings (SSSR count). The van der Waals surface area contributed by atoms with Crippen LogP contribution < -0.4 is 5.32 Å². The van der Waals surface area contributed by atoms with E-state index < -0.39 is 9.84 Å². The summed E-state index contributed by atoms with van der Waals surface area (Å²) in [7, 11) is -2.82. The second-order valence-corrected chi connectivity index (χ2v) is 9.42. The fraction of sp³-hybridized carbons (Fsp3) is 0.824. The molecule has 0 aromatic rings. The summed E-state index contributed by atoms with van der Waals surface area (Å²) in [6.45, 7) is 11.7. The van der Waals surface area contributed by atoms with Crippen LogP contribution in [0, 0.1) is 17.8 Å². The quantitative estimate of drug-likeness (QED) is 0.471. The van der Waals surface area contributed by atoms with Crippen molar-refractivity contribution < 1.29 is 8.42 Å². The summed E-state index contributed by atoms with van der Waals surface area (Å²) < 4.78 is 23.2. The van der Waals surface area contributed by atoms with Crippen molar-refractivity contribution >= 4 is 15.8 Å². The van der Waals surface area contributed by atoms with Gasteiger partial charge in [-0.25, -0.2) is 8.42 Å². The van der Waals surface area contributed by atoms with Crippen LogP contribution in [-0.4, -0.2) is 57.0 Å². The molecule has 2 aliphatic rings. The number of hydrogen-bond acceptors (Lipinski definition) is 3. The Hall–Kier alpha value is -1.04. The zero-order chi connectivity index (χ0) is 16.9. The number of likely N-dealkylation sites (tertiary alicyclic amines) is 1. The lowest BCUT2D eigenvalue weighted by Gasteiger charge is -2.37. The van der Waals surface area contributed by atoms with E-state index in [0.717, 1.165) is 25.5 Å². The molecule has 0 radical (unpaired) electrons. The van der Waals surface area contributed by atoms with Crippen LogP contribution in [0.5, 0.6) is 0 Å². The Balaban J connectivity index is 2.00. The van der Waals surface area contributed by atoms with Gasteiger partial charge in [-0.15, -0.1) is 6.58 Å². The maximum atomic E-state index is 11.6. The van der Waals surface area contributed by atoms with Crippen LogP contribution in [0.15, 0.2) is 17.6 Å². The molecule has 2 aliphatic heterocycles. The van der Waals surface area contributed by atoms with Gasteiger partial charge in [-0.1, -0.05) is 19.9 Å². The van der Waals surface area contributed by atoms with E-state index in [-0.39, 0.29) is 5.92 Å². The van der Waals surface area contributed by atoms with Crippen molar-refractivity contribution in [2.45, 2.75) is 33.1 Å². The highest BCUT2D eigenvalue weighted by molar-refractivity contribution is 7.91. The van der Waals surface area contributed by atoms with Gasteiger partial charge in [0, 0.05) is 26.2 Å². The minimum atomic E-state index is -2.82. The predicted molar refractivity (Wildman–Crippen MR) is 96.4 cm³/mol. The minimum Gasteiger partial charge on any atom is -0.353 e. The highest BCUT2D eigenvalue weighted by atomic mass is 32.2. The number of sulfone groups is 1. The molecule has 2 fully saturated rings. The van der Waals surface area contributed by atoms with Gasteiger partial charge < -0.3 is 10.2 Å². The molecule has 2 saturated heterocycles. The van der Waals surface area contributed by atoms with E-state index in [0.29, 0.717) is 36.4 Å². The first-order valence-corrected chi connectivity index (χ1v) is 10.6. The van der Waals surface area contributed by atoms with Crippen molar-refractivity contribution in [2.75, 3.05) is 37.7 Å². The third-order valence-corrected chi connectivity index (χ3v) is 6.77. The Kier molecular flexibility index (Phi) is 6.50. The fourth-order valence-corrected chi connectivity index (χ4v) is 5.26. The van der Waals surface area contributed by atoms with E-state index in [1.807, 2.05) is 6.08 Å². The third-order valence-electron chi connectivity index (χ3n) is 4.93. The first kappa shape index (κ1) is 18.3. The van der Waals surface area contributed by atoms with E-state index in [1.165, 1.54) is 12.8 Å². The van der Waals surface area contributed by atoms with Crippen LogP contribution in [0.25, 0.3) is 0 Å². The molecule has 0 aliphatic carbocycles. The molecule has 0 saturated carbocycles. The van der Waals surface area contributed by atoms with Gasteiger partial charge in [-0.2, -0.15) is 0 Å². The highest BCUT2D eigenvalue weighted by Crippen LogP contribution is 2.24. The van der Waals surface area contributed by atoms with E-state index in [1.54, 1.807) is 0 Å². The second-order valence-electron chi connectivity index (χ2n) is 7.20. The van der Waals surface area contributed by atoms with E-state index >= 15 is 0 Å². The average molecular weight is 342 g/mol. The first-order chi connectivity index (χ1) is 10.9. The summed E-state index contributed by atoms with van der Waals surface area (Å²) in [5.41, 5.74) is 0. The Bertz CT molecular complexity index is 528. The number of rotatable bonds is 5. The predicted octanol–water partition coefficient (Wildman–Crippen LogP) is 1.92. The first-order valence-electron chi connectivity index (χ1n) is 8.76. The Morgan fingerprint density at radius 2 is 2.22 bits per heavy atom. The van der Waals surface area contributed by atoms with Crippen molar-refractivity contribution in [3.63, 3.8) is 0 Å². The number of guanidine groups is 1. The molecule has 0 aromatic carbocycles. The van der Waals surface area contributed by atoms with Crippen LogP contribution in [0.1, 0.15) is 33.1 Å². The largest absolute Gasteiger partial charge is 0.353 e. The fourth-order valence-electron chi connectivity index (χ4n) is 3.41. The highest BCUT2D eigenvalue weighted by Gasteiger charge is 2.28. The molecule has 6 heteroatoms. The van der Waals surface area contributed by atoms with Gasteiger partial charge in [0.2, 0.25) is 0 Å². The molecule has 23 heavy (non-hydrogen) atoms. The molecule has 2 atom stereocenters. The van der Waals surface area contributed by atoms with Crippen LogP contribution in [-0.2, 0) is 9.84 Å². The van der Waals surface area contributed by atoms with Crippen LogP contribution in [0.3, 0.4) is 0 Å². The maximum absolute atomic E-state index is 11.6. The molecule has 2 heterocycles. The van der Waals surface area contributed by atoms with Crippen molar-refractivity contribution in [1.29, 1.82) is 0 Å². The van der Waals surface area contributed by atoms with Crippen molar-refractivity contribution in [2.24, 2.45) is 22.7 Å². The molecule has 0 aromatic heterocycles. The zero-order valence-electron chi connectivity index (χ0n) is 14.5. The lowest BCUT2D eigenvalue weighted by molar-refractivity contribution is 0.206. The molecular weight excluding hydrogens is 310 g/mol. The van der Waals surface area contributed by atoms with Crippen LogP contribution >= 0.6 is 0 Å². The van der Waals surface area contributed by atoms with Crippen molar-refractivity contribution in [3.8, 4) is 0 Å². The Labute approximate surface area is 141 Å². The number of piperidine rings is 1. The van der Waals surface area contributed by atoms with Crippen LogP contribution in [0.4, 0.5) is 0 Å². The van der Waals surface area contributed by atoms with Gasteiger partial charge in [0.25, 0.3) is 0 Å². The van der Waals surface area contributed by atoms with Crippen molar-refractivity contribution in [1.82, 2.24) is 10.2 Å². The maximum Gasteiger partial charge on any atom is 0.194 e. The molecule has 5 nitrogen and oxygen atoms in total. The summed E-state index contributed by atoms with van der Waals surface area (Å²) in [5, 5.41) is 3.35. The molecule has 1 N–H and O–H groups in total. The number of nitrogens with zero attached hydrogens (tertiary/aromatic N) is 2. The zero-order valence-corrected chi connectivity index (χ0v) is 15.3. The topological polar surface area (TPSA) is 61.8 Å². The van der Waals surface area contributed by atoms with Gasteiger partial charge >= 0.3 is 0 Å². The number of nitrogens with one attached hydrogen (secondary N) is 1. The molecule has 0 spiro atoms. The van der Waals surface area contributed by atoms with E-state index in [9.17, 15) is 8.42 Å². The second kappa shape index (κ2) is 8.18. The Morgan fingerprint density at radius 1 is 1.43 bits per heavy atom. The summed E-state index contributed by atoms with van der Waals surface area (Å²) in [6, 6.07) is 0. The number of aliphatic imine (C=N–C) groups is 1. The summed E-state index contributed by atoms with van der Waals surface area (Å²) >= 11 is 0. The van der Waals surface area contributed by atoms with Gasteiger partial charge in [-0.05, 0) is 37.0 Å². The summed E-state index contributed by atoms with van der Waals surface area (Å²) in [5.74, 6) is 3.08. The minimum absolute atomic E-state index is 0.172. The number of hydrogen-bond donors (Lipinski definition) is 1. The van der Waals surface area contributed by atoms with Gasteiger partial charge in [-0.3, -0.25) is 4.99 Å². The van der Waals surface area contributed by atoms with Gasteiger partial charge in [0.1, 0.15) is 0 Å². The molecule has 0 amide bonds. The molecular formula is C17H31N3O2S. The molecule has 132 valence electrons. The monoisotopic (exact) mass is 341 g/mol. The van der Waals surface area contributed by atoms with Crippen molar-refractivity contribution in [3.05, 3.63) is 12.7 Å². The average Bonchev–Trinajstić information content (AvgIpc) is 2.86. The SMILES string of the molecule is C=CCNC(=NCC1CCS(=O)(=O)C1)N1CCCC(C(C)C)C1. The standard InChI is InChI=1S/C17H31N3O2S/c1-4-8-18-17(19-11-15-7-10-23(21,22)13-15)20-9-5-6-16(12-20)14(2)3/h4,14-16H,1,5-13H2,2-3H3,(H,18,19). The lowest BCUT2D eigenvalue weighted by atomic mass is 9.88. The summed E-state index contributed by atoms with van der Waals surface area (Å²) in [4.78, 5) is 7.08. The summed E-state index contributed by atoms with van der Waals surface area (Å²) in [6.07, 6.45) is 5.05. The molecule has 0 bridgehead atoms. The van der Waals surface area contributed by atoms with Crippen LogP contribution in [0.2, 0.25) is 0 Å². The third kappa shape index (κ3) is 5.52. The smallest absolute Gasteiger partial charge is 0.194 e. The lowest BCUT2D eigenvalue weighted by Crippen LogP contribution is -2.47. The Morgan fingerprint density at radius 3 is 2.83 bits per heavy atom. The molecule has 2 unspecified atom stereocenters. The normalized spacial score (nSPS) is 28.1. The van der Waals surface area contributed by atoms with Gasteiger partial charge in [0.15, 0.2) is 15.8 Å². The van der Waals surface area contributed by atoms with Gasteiger partial charge in [0.05, 0.1) is 11.5 Å². The van der Waals surface area contributed by atoms with E-state index in [2.05, 4.69) is 30.6 Å². The van der Waals surface area contributed by atoms with E-state index in [4.69, 9.17) is 4.99 Å².